The topological polar surface area (TPSA) is 49.3 Å². The molecule has 2 unspecified atom stereocenters. The van der Waals surface area contributed by atoms with Crippen LogP contribution in [0.2, 0.25) is 0 Å². The first-order chi connectivity index (χ1) is 9.63. The molecule has 0 bridgehead atoms. The second-order valence-corrected chi connectivity index (χ2v) is 6.84. The molecule has 1 aromatic rings. The van der Waals surface area contributed by atoms with Gasteiger partial charge in [0.1, 0.15) is 0 Å². The first kappa shape index (κ1) is 15.4. The minimum Gasteiger partial charge on any atom is -0.394 e. The van der Waals surface area contributed by atoms with Crippen molar-refractivity contribution in [1.29, 1.82) is 0 Å². The van der Waals surface area contributed by atoms with Gasteiger partial charge in [-0.3, -0.25) is 4.79 Å². The Morgan fingerprint density at radius 1 is 1.45 bits per heavy atom. The second kappa shape index (κ2) is 7.14. The van der Waals surface area contributed by atoms with Crippen LogP contribution in [0.4, 0.5) is 0 Å². The molecule has 2 atom stereocenters. The monoisotopic (exact) mass is 293 g/mol. The van der Waals surface area contributed by atoms with Gasteiger partial charge in [-0.2, -0.15) is 0 Å². The number of hydrogen-bond acceptors (Lipinski definition) is 3. The van der Waals surface area contributed by atoms with E-state index in [0.717, 1.165) is 24.2 Å². The first-order valence-electron chi connectivity index (χ1n) is 7.23. The van der Waals surface area contributed by atoms with Crippen molar-refractivity contribution in [3.05, 3.63) is 30.3 Å². The third-order valence-electron chi connectivity index (χ3n) is 3.91. The highest BCUT2D eigenvalue weighted by Gasteiger charge is 2.35. The molecule has 2 rings (SSSR count). The Hall–Kier alpha value is -1.00. The lowest BCUT2D eigenvalue weighted by Crippen LogP contribution is -2.54. The maximum Gasteiger partial charge on any atom is 0.230 e. The summed E-state index contributed by atoms with van der Waals surface area (Å²) in [7, 11) is 0. The van der Waals surface area contributed by atoms with Gasteiger partial charge in [-0.15, -0.1) is 11.8 Å². The summed E-state index contributed by atoms with van der Waals surface area (Å²) in [6.45, 7) is 2.23. The van der Waals surface area contributed by atoms with Gasteiger partial charge < -0.3 is 10.4 Å². The van der Waals surface area contributed by atoms with Crippen molar-refractivity contribution in [2.45, 2.75) is 43.0 Å². The van der Waals surface area contributed by atoms with Gasteiger partial charge >= 0.3 is 0 Å². The van der Waals surface area contributed by atoms with E-state index in [1.165, 1.54) is 18.2 Å². The second-order valence-electron chi connectivity index (χ2n) is 5.79. The predicted molar refractivity (Wildman–Crippen MR) is 82.8 cm³/mol. The number of hydrogen-bond donors (Lipinski definition) is 2. The number of thioether (sulfide) groups is 1. The molecule has 1 fully saturated rings. The van der Waals surface area contributed by atoms with Crippen LogP contribution in [0.25, 0.3) is 0 Å². The molecule has 1 saturated carbocycles. The molecule has 0 heterocycles. The number of amides is 1. The third-order valence-corrected chi connectivity index (χ3v) is 4.92. The summed E-state index contributed by atoms with van der Waals surface area (Å²) < 4.78 is 0. The fraction of sp³-hybridized carbons (Fsp3) is 0.562. The van der Waals surface area contributed by atoms with E-state index < -0.39 is 5.54 Å². The average Bonchev–Trinajstić information content (AvgIpc) is 2.46. The molecule has 1 aliphatic carbocycles. The quantitative estimate of drug-likeness (QED) is 0.821. The van der Waals surface area contributed by atoms with Crippen LogP contribution in [0.3, 0.4) is 0 Å². The highest BCUT2D eigenvalue weighted by Crippen LogP contribution is 2.32. The minimum absolute atomic E-state index is 0.0157. The van der Waals surface area contributed by atoms with Crippen LogP contribution in [0, 0.1) is 5.92 Å². The average molecular weight is 293 g/mol. The molecule has 0 saturated heterocycles. The van der Waals surface area contributed by atoms with Gasteiger partial charge in [0.15, 0.2) is 0 Å². The maximum atomic E-state index is 12.1. The Bertz CT molecular complexity index is 437. The zero-order chi connectivity index (χ0) is 14.4. The molecule has 1 amide bonds. The lowest BCUT2D eigenvalue weighted by atomic mass is 9.77. The number of rotatable bonds is 5. The summed E-state index contributed by atoms with van der Waals surface area (Å²) in [6, 6.07) is 9.91. The highest BCUT2D eigenvalue weighted by molar-refractivity contribution is 8.00. The van der Waals surface area contributed by atoms with Crippen molar-refractivity contribution in [2.24, 2.45) is 5.92 Å². The number of aliphatic hydroxyl groups is 1. The first-order valence-corrected chi connectivity index (χ1v) is 8.22. The number of nitrogens with one attached hydrogen (secondary N) is 1. The Kier molecular flexibility index (Phi) is 5.49. The Labute approximate surface area is 125 Å². The van der Waals surface area contributed by atoms with Crippen LogP contribution >= 0.6 is 11.8 Å². The number of carbonyl (C=O) groups excluding carboxylic acids is 1. The van der Waals surface area contributed by atoms with Crippen LogP contribution in [-0.4, -0.2) is 28.9 Å². The van der Waals surface area contributed by atoms with Gasteiger partial charge in [-0.1, -0.05) is 38.0 Å². The van der Waals surface area contributed by atoms with Gasteiger partial charge in [-0.25, -0.2) is 0 Å². The van der Waals surface area contributed by atoms with Crippen molar-refractivity contribution >= 4 is 17.7 Å². The van der Waals surface area contributed by atoms with Crippen molar-refractivity contribution in [3.63, 3.8) is 0 Å². The van der Waals surface area contributed by atoms with Crippen LogP contribution in [0.5, 0.6) is 0 Å². The number of aliphatic hydroxyl groups excluding tert-OH is 1. The van der Waals surface area contributed by atoms with Crippen molar-refractivity contribution < 1.29 is 9.90 Å². The van der Waals surface area contributed by atoms with Crippen molar-refractivity contribution in [2.75, 3.05) is 12.4 Å². The fourth-order valence-electron chi connectivity index (χ4n) is 2.95. The van der Waals surface area contributed by atoms with Crippen molar-refractivity contribution in [1.82, 2.24) is 5.32 Å². The molecule has 0 aliphatic heterocycles. The van der Waals surface area contributed by atoms with Gasteiger partial charge in [-0.05, 0) is 30.9 Å². The summed E-state index contributed by atoms with van der Waals surface area (Å²) in [5, 5.41) is 12.7. The largest absolute Gasteiger partial charge is 0.394 e. The van der Waals surface area contributed by atoms with Crippen LogP contribution in [0.1, 0.15) is 32.6 Å². The lowest BCUT2D eigenvalue weighted by molar-refractivity contribution is -0.121. The zero-order valence-electron chi connectivity index (χ0n) is 12.0. The lowest BCUT2D eigenvalue weighted by Gasteiger charge is -2.39. The molecule has 0 spiro atoms. The standard InChI is InChI=1S/C16H23NO2S/c1-13-6-5-9-16(10-13,12-18)17-15(19)11-20-14-7-3-2-4-8-14/h2-4,7-8,13,18H,5-6,9-12H2,1H3,(H,17,19). The Morgan fingerprint density at radius 2 is 2.20 bits per heavy atom. The fourth-order valence-corrected chi connectivity index (χ4v) is 3.67. The number of benzene rings is 1. The van der Waals surface area contributed by atoms with E-state index in [1.54, 1.807) is 0 Å². The Morgan fingerprint density at radius 3 is 2.85 bits per heavy atom. The summed E-state index contributed by atoms with van der Waals surface area (Å²) in [6.07, 6.45) is 4.03. The maximum absolute atomic E-state index is 12.1. The molecule has 0 radical (unpaired) electrons. The summed E-state index contributed by atoms with van der Waals surface area (Å²) in [4.78, 5) is 13.2. The molecular formula is C16H23NO2S. The third kappa shape index (κ3) is 4.25. The van der Waals surface area contributed by atoms with E-state index in [2.05, 4.69) is 12.2 Å². The molecule has 20 heavy (non-hydrogen) atoms. The predicted octanol–water partition coefficient (Wildman–Crippen LogP) is 2.84. The van der Waals surface area contributed by atoms with Crippen LogP contribution < -0.4 is 5.32 Å². The molecule has 1 aromatic carbocycles. The minimum atomic E-state index is -0.397. The van der Waals surface area contributed by atoms with E-state index in [0.29, 0.717) is 11.7 Å². The SMILES string of the molecule is CC1CCCC(CO)(NC(=O)CSc2ccccc2)C1. The number of carbonyl (C=O) groups is 1. The summed E-state index contributed by atoms with van der Waals surface area (Å²) >= 11 is 1.53. The Balaban J connectivity index is 1.86. The van der Waals surface area contributed by atoms with E-state index in [4.69, 9.17) is 0 Å². The molecule has 3 nitrogen and oxygen atoms in total. The smallest absolute Gasteiger partial charge is 0.230 e. The van der Waals surface area contributed by atoms with E-state index in [-0.39, 0.29) is 12.5 Å². The molecule has 4 heteroatoms. The highest BCUT2D eigenvalue weighted by atomic mass is 32.2. The van der Waals surface area contributed by atoms with Crippen LogP contribution in [0.15, 0.2) is 35.2 Å². The van der Waals surface area contributed by atoms with Crippen LogP contribution in [-0.2, 0) is 4.79 Å². The summed E-state index contributed by atoms with van der Waals surface area (Å²) in [5.74, 6) is 0.986. The summed E-state index contributed by atoms with van der Waals surface area (Å²) in [5.41, 5.74) is -0.397. The molecule has 2 N–H and O–H groups in total. The molecule has 110 valence electrons. The van der Waals surface area contributed by atoms with Gasteiger partial charge in [0.05, 0.1) is 17.9 Å². The molecule has 1 aliphatic rings. The van der Waals surface area contributed by atoms with Gasteiger partial charge in [0.2, 0.25) is 5.91 Å². The van der Waals surface area contributed by atoms with Crippen molar-refractivity contribution in [3.8, 4) is 0 Å². The van der Waals surface area contributed by atoms with E-state index in [9.17, 15) is 9.90 Å². The normalized spacial score (nSPS) is 26.2. The van der Waals surface area contributed by atoms with E-state index >= 15 is 0 Å². The molecular weight excluding hydrogens is 270 g/mol. The molecule has 0 aromatic heterocycles. The van der Waals surface area contributed by atoms with E-state index in [1.807, 2.05) is 30.3 Å². The van der Waals surface area contributed by atoms with Gasteiger partial charge in [0.25, 0.3) is 0 Å². The van der Waals surface area contributed by atoms with Gasteiger partial charge in [0, 0.05) is 4.90 Å². The zero-order valence-corrected chi connectivity index (χ0v) is 12.8.